The number of hydrogen-bond acceptors (Lipinski definition) is 5. The average molecular weight is 486 g/mol. The van der Waals surface area contributed by atoms with Gasteiger partial charge < -0.3 is 15.1 Å². The summed E-state index contributed by atoms with van der Waals surface area (Å²) in [4.78, 5) is 35.6. The molecule has 1 N–H and O–H groups in total. The highest BCUT2D eigenvalue weighted by Crippen LogP contribution is 2.26. The lowest BCUT2D eigenvalue weighted by Crippen LogP contribution is -2.46. The fourth-order valence-corrected chi connectivity index (χ4v) is 4.42. The third-order valence-electron chi connectivity index (χ3n) is 6.05. The van der Waals surface area contributed by atoms with E-state index in [0.29, 0.717) is 16.5 Å². The van der Waals surface area contributed by atoms with Gasteiger partial charge in [0, 0.05) is 43.5 Å². The molecular formula is C25H29ClFN5O2. The minimum atomic E-state index is -0.564. The van der Waals surface area contributed by atoms with Crippen LogP contribution in [-0.4, -0.2) is 59.1 Å². The van der Waals surface area contributed by atoms with Crippen molar-refractivity contribution in [1.82, 2.24) is 19.8 Å². The number of benzene rings is 2. The van der Waals surface area contributed by atoms with E-state index < -0.39 is 5.82 Å². The van der Waals surface area contributed by atoms with Gasteiger partial charge in [-0.15, -0.1) is 0 Å². The lowest BCUT2D eigenvalue weighted by atomic mass is 10.1. The maximum absolute atomic E-state index is 13.8. The summed E-state index contributed by atoms with van der Waals surface area (Å²) in [6.45, 7) is 10.4. The van der Waals surface area contributed by atoms with Crippen LogP contribution in [0.1, 0.15) is 20.8 Å². The molecule has 0 aliphatic carbocycles. The number of piperazine rings is 1. The molecule has 3 aromatic rings. The summed E-state index contributed by atoms with van der Waals surface area (Å²) in [7, 11) is 0. The van der Waals surface area contributed by atoms with E-state index in [1.807, 2.05) is 32.0 Å². The van der Waals surface area contributed by atoms with E-state index in [9.17, 15) is 14.0 Å². The largest absolute Gasteiger partial charge is 0.369 e. The number of anilines is 1. The number of rotatable bonds is 6. The molecule has 180 valence electrons. The van der Waals surface area contributed by atoms with Crippen LogP contribution < -0.4 is 15.8 Å². The zero-order chi connectivity index (χ0) is 24.4. The zero-order valence-electron chi connectivity index (χ0n) is 19.6. The second-order valence-electron chi connectivity index (χ2n) is 8.80. The van der Waals surface area contributed by atoms with Crippen LogP contribution in [0.3, 0.4) is 0 Å². The van der Waals surface area contributed by atoms with Gasteiger partial charge in [0.05, 0.1) is 15.9 Å². The Kier molecular flexibility index (Phi) is 7.19. The van der Waals surface area contributed by atoms with Gasteiger partial charge in [0.2, 0.25) is 5.91 Å². The van der Waals surface area contributed by atoms with E-state index in [4.69, 9.17) is 16.6 Å². The van der Waals surface area contributed by atoms with Crippen molar-refractivity contribution in [2.45, 2.75) is 33.4 Å². The Balaban J connectivity index is 1.80. The van der Waals surface area contributed by atoms with Crippen LogP contribution in [0.5, 0.6) is 0 Å². The summed E-state index contributed by atoms with van der Waals surface area (Å²) in [6.07, 6.45) is 0. The highest BCUT2D eigenvalue weighted by Gasteiger charge is 2.20. The normalized spacial score (nSPS) is 14.7. The molecule has 1 fully saturated rings. The molecule has 34 heavy (non-hydrogen) atoms. The van der Waals surface area contributed by atoms with Gasteiger partial charge in [-0.1, -0.05) is 18.5 Å². The standard InChI is InChI=1S/C25H29ClFN5O2/c1-4-30-9-11-31(12-10-30)18-6-8-22-19(14-18)25(34)32(15-23(33)28-16(2)3)24(29-22)17-5-7-21(27)20(26)13-17/h5-8,13-14,16H,4,9-12,15H2,1-3H3,(H,28,33). The quantitative estimate of drug-likeness (QED) is 0.578. The fourth-order valence-electron chi connectivity index (χ4n) is 4.24. The molecule has 0 bridgehead atoms. The Morgan fingerprint density at radius 2 is 1.88 bits per heavy atom. The van der Waals surface area contributed by atoms with Crippen LogP contribution in [0.25, 0.3) is 22.3 Å². The number of nitrogens with zero attached hydrogens (tertiary/aromatic N) is 4. The number of nitrogens with one attached hydrogen (secondary N) is 1. The number of aromatic nitrogens is 2. The topological polar surface area (TPSA) is 70.5 Å². The number of halogens is 2. The molecule has 0 unspecified atom stereocenters. The molecule has 0 radical (unpaired) electrons. The van der Waals surface area contributed by atoms with Gasteiger partial charge in [-0.2, -0.15) is 0 Å². The van der Waals surface area contributed by atoms with Crippen LogP contribution in [0.4, 0.5) is 10.1 Å². The highest BCUT2D eigenvalue weighted by molar-refractivity contribution is 6.31. The smallest absolute Gasteiger partial charge is 0.262 e. The SMILES string of the molecule is CCN1CCN(c2ccc3nc(-c4ccc(F)c(Cl)c4)n(CC(=O)NC(C)C)c(=O)c3c2)CC1. The number of carbonyl (C=O) groups is 1. The third-order valence-corrected chi connectivity index (χ3v) is 6.34. The Labute approximate surface area is 203 Å². The average Bonchev–Trinajstić information content (AvgIpc) is 2.82. The predicted octanol–water partition coefficient (Wildman–Crippen LogP) is 3.52. The third kappa shape index (κ3) is 5.08. The molecule has 0 spiro atoms. The summed E-state index contributed by atoms with van der Waals surface area (Å²) >= 11 is 6.00. The Morgan fingerprint density at radius 3 is 2.53 bits per heavy atom. The second-order valence-corrected chi connectivity index (χ2v) is 9.21. The first-order chi connectivity index (χ1) is 16.3. The molecular weight excluding hydrogens is 457 g/mol. The molecule has 4 rings (SSSR count). The van der Waals surface area contributed by atoms with Gasteiger partial charge in [0.15, 0.2) is 0 Å². The molecule has 0 atom stereocenters. The van der Waals surface area contributed by atoms with Crippen LogP contribution in [0, 0.1) is 5.82 Å². The number of fused-ring (bicyclic) bond motifs is 1. The first-order valence-corrected chi connectivity index (χ1v) is 11.9. The van der Waals surface area contributed by atoms with E-state index in [0.717, 1.165) is 38.4 Å². The lowest BCUT2D eigenvalue weighted by molar-refractivity contribution is -0.122. The van der Waals surface area contributed by atoms with Crippen LogP contribution in [0.15, 0.2) is 41.2 Å². The van der Waals surface area contributed by atoms with Crippen molar-refractivity contribution in [2.75, 3.05) is 37.6 Å². The molecule has 1 aliphatic rings. The van der Waals surface area contributed by atoms with E-state index >= 15 is 0 Å². The van der Waals surface area contributed by atoms with Gasteiger partial charge in [-0.25, -0.2) is 9.37 Å². The van der Waals surface area contributed by atoms with Gasteiger partial charge >= 0.3 is 0 Å². The molecule has 2 aromatic carbocycles. The Bertz CT molecular complexity index is 1270. The maximum atomic E-state index is 13.8. The minimum absolute atomic E-state index is 0.0753. The van der Waals surface area contributed by atoms with Crippen LogP contribution in [0.2, 0.25) is 5.02 Å². The highest BCUT2D eigenvalue weighted by atomic mass is 35.5. The maximum Gasteiger partial charge on any atom is 0.262 e. The predicted molar refractivity (Wildman–Crippen MR) is 134 cm³/mol. The van der Waals surface area contributed by atoms with E-state index in [1.54, 1.807) is 0 Å². The molecule has 1 aromatic heterocycles. The van der Waals surface area contributed by atoms with E-state index in [1.165, 1.54) is 22.8 Å². The van der Waals surface area contributed by atoms with E-state index in [-0.39, 0.29) is 34.9 Å². The monoisotopic (exact) mass is 485 g/mol. The summed E-state index contributed by atoms with van der Waals surface area (Å²) in [5, 5.41) is 3.17. The second kappa shape index (κ2) is 10.1. The van der Waals surface area contributed by atoms with E-state index in [2.05, 4.69) is 22.0 Å². The van der Waals surface area contributed by atoms with Crippen LogP contribution >= 0.6 is 11.6 Å². The number of amides is 1. The number of likely N-dealkylation sites (N-methyl/N-ethyl adjacent to an activating group) is 1. The van der Waals surface area contributed by atoms with Crippen molar-refractivity contribution in [2.24, 2.45) is 0 Å². The van der Waals surface area contributed by atoms with Crippen molar-refractivity contribution in [3.8, 4) is 11.4 Å². The van der Waals surface area contributed by atoms with Gasteiger partial charge in [0.25, 0.3) is 5.56 Å². The number of hydrogen-bond donors (Lipinski definition) is 1. The molecule has 1 saturated heterocycles. The van der Waals surface area contributed by atoms with Gasteiger partial charge in [0.1, 0.15) is 18.2 Å². The zero-order valence-corrected chi connectivity index (χ0v) is 20.4. The molecule has 9 heteroatoms. The first kappa shape index (κ1) is 24.2. The first-order valence-electron chi connectivity index (χ1n) is 11.5. The van der Waals surface area contributed by atoms with Crippen molar-refractivity contribution in [3.05, 3.63) is 57.6 Å². The minimum Gasteiger partial charge on any atom is -0.369 e. The van der Waals surface area contributed by atoms with Gasteiger partial charge in [-0.05, 0) is 56.8 Å². The Hall–Kier alpha value is -2.97. The van der Waals surface area contributed by atoms with Crippen molar-refractivity contribution in [1.29, 1.82) is 0 Å². The summed E-state index contributed by atoms with van der Waals surface area (Å²) in [5.74, 6) is -0.604. The van der Waals surface area contributed by atoms with Crippen molar-refractivity contribution >= 4 is 34.1 Å². The fraction of sp³-hybridized carbons (Fsp3) is 0.400. The molecule has 1 aliphatic heterocycles. The van der Waals surface area contributed by atoms with Crippen molar-refractivity contribution in [3.63, 3.8) is 0 Å². The lowest BCUT2D eigenvalue weighted by Gasteiger charge is -2.35. The molecule has 2 heterocycles. The Morgan fingerprint density at radius 1 is 1.15 bits per heavy atom. The summed E-state index contributed by atoms with van der Waals surface area (Å²) in [5.41, 5.74) is 1.60. The van der Waals surface area contributed by atoms with Gasteiger partial charge in [-0.3, -0.25) is 14.2 Å². The van der Waals surface area contributed by atoms with Crippen LogP contribution in [-0.2, 0) is 11.3 Å². The summed E-state index contributed by atoms with van der Waals surface area (Å²) < 4.78 is 15.1. The number of carbonyl (C=O) groups excluding carboxylic acids is 1. The molecule has 7 nitrogen and oxygen atoms in total. The molecule has 0 saturated carbocycles. The summed E-state index contributed by atoms with van der Waals surface area (Å²) in [6, 6.07) is 9.72. The molecule has 1 amide bonds. The van der Waals surface area contributed by atoms with Crippen molar-refractivity contribution < 1.29 is 9.18 Å².